The van der Waals surface area contributed by atoms with Crippen LogP contribution in [0.4, 0.5) is 0 Å². The van der Waals surface area contributed by atoms with Crippen molar-refractivity contribution in [2.24, 2.45) is 0 Å². The Bertz CT molecular complexity index is 642. The fourth-order valence-electron chi connectivity index (χ4n) is 2.88. The van der Waals surface area contributed by atoms with Gasteiger partial charge in [0, 0.05) is 18.0 Å². The van der Waals surface area contributed by atoms with E-state index in [9.17, 15) is 14.7 Å². The summed E-state index contributed by atoms with van der Waals surface area (Å²) in [5, 5.41) is 21.4. The Morgan fingerprint density at radius 2 is 1.96 bits per heavy atom. The quantitative estimate of drug-likeness (QED) is 0.595. The van der Waals surface area contributed by atoms with E-state index in [1.165, 1.54) is 11.8 Å². The molecule has 6 nitrogen and oxygen atoms in total. The van der Waals surface area contributed by atoms with Crippen LogP contribution in [0.15, 0.2) is 35.6 Å². The van der Waals surface area contributed by atoms with Gasteiger partial charge >= 0.3 is 0 Å². The van der Waals surface area contributed by atoms with Crippen LogP contribution in [0.25, 0.3) is 0 Å². The SMILES string of the molecule is CC(=O)C1=C(O)C(=O)N(CCC[NH2+]CCO)[C@@H]1c1ccc(Cl)cc1. The monoisotopic (exact) mass is 353 g/mol. The van der Waals surface area contributed by atoms with Crippen LogP contribution in [0.3, 0.4) is 0 Å². The maximum Gasteiger partial charge on any atom is 0.290 e. The molecule has 1 heterocycles. The van der Waals surface area contributed by atoms with E-state index in [2.05, 4.69) is 0 Å². The molecule has 1 aromatic rings. The number of amides is 1. The van der Waals surface area contributed by atoms with Gasteiger partial charge in [-0.2, -0.15) is 0 Å². The van der Waals surface area contributed by atoms with Crippen molar-refractivity contribution in [1.82, 2.24) is 4.90 Å². The highest BCUT2D eigenvalue weighted by molar-refractivity contribution is 6.30. The number of nitrogens with zero attached hydrogens (tertiary/aromatic N) is 1. The summed E-state index contributed by atoms with van der Waals surface area (Å²) >= 11 is 5.91. The Labute approximate surface area is 145 Å². The first-order valence-corrected chi connectivity index (χ1v) is 8.28. The summed E-state index contributed by atoms with van der Waals surface area (Å²) in [6.45, 7) is 3.21. The van der Waals surface area contributed by atoms with E-state index in [1.54, 1.807) is 24.3 Å². The minimum Gasteiger partial charge on any atom is -0.503 e. The number of rotatable bonds is 8. The van der Waals surface area contributed by atoms with Gasteiger partial charge in [-0.25, -0.2) is 0 Å². The van der Waals surface area contributed by atoms with Crippen LogP contribution in [-0.2, 0) is 9.59 Å². The molecule has 1 aromatic carbocycles. The van der Waals surface area contributed by atoms with Gasteiger partial charge in [-0.1, -0.05) is 23.7 Å². The van der Waals surface area contributed by atoms with Gasteiger partial charge in [-0.15, -0.1) is 0 Å². The molecule has 0 aromatic heterocycles. The second-order valence-corrected chi connectivity index (χ2v) is 6.15. The van der Waals surface area contributed by atoms with Gasteiger partial charge in [-0.05, 0) is 24.6 Å². The Hall–Kier alpha value is -1.89. The van der Waals surface area contributed by atoms with E-state index in [-0.39, 0.29) is 18.0 Å². The first-order chi connectivity index (χ1) is 11.5. The van der Waals surface area contributed by atoms with Crippen molar-refractivity contribution < 1.29 is 25.1 Å². The molecular weight excluding hydrogens is 332 g/mol. The molecule has 0 bridgehead atoms. The number of aliphatic hydroxyl groups is 2. The lowest BCUT2D eigenvalue weighted by molar-refractivity contribution is -0.656. The van der Waals surface area contributed by atoms with Crippen molar-refractivity contribution in [1.29, 1.82) is 0 Å². The molecule has 2 rings (SSSR count). The summed E-state index contributed by atoms with van der Waals surface area (Å²) < 4.78 is 0. The predicted molar refractivity (Wildman–Crippen MR) is 89.6 cm³/mol. The topological polar surface area (TPSA) is 94.5 Å². The number of hydrogen-bond donors (Lipinski definition) is 3. The Balaban J connectivity index is 2.23. The molecule has 0 fully saturated rings. The molecule has 4 N–H and O–H groups in total. The molecule has 0 radical (unpaired) electrons. The highest BCUT2D eigenvalue weighted by Crippen LogP contribution is 2.37. The standard InChI is InChI=1S/C17H21ClN2O4/c1-11(22)14-15(12-3-5-13(18)6-4-12)20(17(24)16(14)23)9-2-7-19-8-10-21/h3-6,15,19,21,23H,2,7-10H2,1H3/p+1/t15-/m1/s1. The third kappa shape index (κ3) is 3.95. The van der Waals surface area contributed by atoms with E-state index >= 15 is 0 Å². The molecule has 7 heteroatoms. The third-order valence-electron chi connectivity index (χ3n) is 4.01. The number of hydrogen-bond acceptors (Lipinski definition) is 4. The van der Waals surface area contributed by atoms with Crippen molar-refractivity contribution in [3.63, 3.8) is 0 Å². The van der Waals surface area contributed by atoms with Crippen LogP contribution in [0, 0.1) is 0 Å². The normalized spacial score (nSPS) is 17.7. The molecule has 0 saturated heterocycles. The van der Waals surface area contributed by atoms with Crippen LogP contribution in [0.1, 0.15) is 24.9 Å². The minimum absolute atomic E-state index is 0.104. The second kappa shape index (κ2) is 8.28. The molecule has 1 aliphatic heterocycles. The Kier molecular flexibility index (Phi) is 6.36. The summed E-state index contributed by atoms with van der Waals surface area (Å²) in [6, 6.07) is 6.31. The van der Waals surface area contributed by atoms with Gasteiger partial charge in [0.2, 0.25) is 0 Å². The first kappa shape index (κ1) is 18.4. The zero-order valence-electron chi connectivity index (χ0n) is 13.5. The van der Waals surface area contributed by atoms with Gasteiger partial charge in [0.15, 0.2) is 11.5 Å². The number of Topliss-reactive ketones (excluding diaryl/α,β-unsaturated/α-hetero) is 1. The summed E-state index contributed by atoms with van der Waals surface area (Å²) in [7, 11) is 0. The number of ketones is 1. The van der Waals surface area contributed by atoms with E-state index in [0.29, 0.717) is 24.5 Å². The van der Waals surface area contributed by atoms with E-state index < -0.39 is 17.7 Å². The van der Waals surface area contributed by atoms with Crippen LogP contribution < -0.4 is 5.32 Å². The van der Waals surface area contributed by atoms with E-state index in [1.807, 2.05) is 5.32 Å². The zero-order chi connectivity index (χ0) is 17.7. The lowest BCUT2D eigenvalue weighted by Crippen LogP contribution is -2.85. The van der Waals surface area contributed by atoms with E-state index in [0.717, 1.165) is 12.1 Å². The lowest BCUT2D eigenvalue weighted by atomic mass is 9.97. The Morgan fingerprint density at radius 1 is 1.29 bits per heavy atom. The van der Waals surface area contributed by atoms with Crippen LogP contribution >= 0.6 is 11.6 Å². The summed E-state index contributed by atoms with van der Waals surface area (Å²) in [4.78, 5) is 25.9. The molecule has 1 atom stereocenters. The van der Waals surface area contributed by atoms with Crippen molar-refractivity contribution in [2.45, 2.75) is 19.4 Å². The van der Waals surface area contributed by atoms with Crippen molar-refractivity contribution in [3.8, 4) is 0 Å². The van der Waals surface area contributed by atoms with Gasteiger partial charge in [0.05, 0.1) is 31.3 Å². The van der Waals surface area contributed by atoms with Crippen molar-refractivity contribution in [3.05, 3.63) is 46.2 Å². The summed E-state index contributed by atoms with van der Waals surface area (Å²) in [6.07, 6.45) is 0.689. The predicted octanol–water partition coefficient (Wildman–Crippen LogP) is 0.570. The number of carbonyl (C=O) groups is 2. The molecule has 24 heavy (non-hydrogen) atoms. The molecule has 1 aliphatic rings. The molecular formula is C17H22ClN2O4+. The average molecular weight is 354 g/mol. The fraction of sp³-hybridized carbons (Fsp3) is 0.412. The average Bonchev–Trinajstić information content (AvgIpc) is 2.80. The number of benzene rings is 1. The van der Waals surface area contributed by atoms with Crippen molar-refractivity contribution >= 4 is 23.3 Å². The molecule has 0 spiro atoms. The van der Waals surface area contributed by atoms with Crippen LogP contribution in [-0.4, -0.2) is 53.0 Å². The van der Waals surface area contributed by atoms with E-state index in [4.69, 9.17) is 16.7 Å². The number of quaternary nitrogens is 1. The van der Waals surface area contributed by atoms with Crippen molar-refractivity contribution in [2.75, 3.05) is 26.2 Å². The minimum atomic E-state index is -0.592. The number of aliphatic hydroxyl groups excluding tert-OH is 2. The highest BCUT2D eigenvalue weighted by Gasteiger charge is 2.41. The van der Waals surface area contributed by atoms with Gasteiger partial charge in [-0.3, -0.25) is 9.59 Å². The maximum atomic E-state index is 12.4. The molecule has 0 aliphatic carbocycles. The lowest BCUT2D eigenvalue weighted by Gasteiger charge is -2.26. The highest BCUT2D eigenvalue weighted by atomic mass is 35.5. The first-order valence-electron chi connectivity index (χ1n) is 7.90. The van der Waals surface area contributed by atoms with Crippen LogP contribution in [0.5, 0.6) is 0 Å². The Morgan fingerprint density at radius 3 is 2.54 bits per heavy atom. The fourth-order valence-corrected chi connectivity index (χ4v) is 3.00. The number of halogens is 1. The largest absolute Gasteiger partial charge is 0.503 e. The summed E-state index contributed by atoms with van der Waals surface area (Å²) in [5.74, 6) is -1.32. The van der Waals surface area contributed by atoms with Crippen LogP contribution in [0.2, 0.25) is 5.02 Å². The van der Waals surface area contributed by atoms with Gasteiger partial charge in [0.25, 0.3) is 5.91 Å². The molecule has 0 saturated carbocycles. The second-order valence-electron chi connectivity index (χ2n) is 5.71. The van der Waals surface area contributed by atoms with Gasteiger partial charge < -0.3 is 20.4 Å². The summed E-state index contributed by atoms with van der Waals surface area (Å²) in [5.41, 5.74) is 0.864. The zero-order valence-corrected chi connectivity index (χ0v) is 14.3. The third-order valence-corrected chi connectivity index (χ3v) is 4.26. The smallest absolute Gasteiger partial charge is 0.290 e. The van der Waals surface area contributed by atoms with Gasteiger partial charge in [0.1, 0.15) is 0 Å². The maximum absolute atomic E-state index is 12.4. The molecule has 0 unspecified atom stereocenters. The molecule has 130 valence electrons. The number of carbonyl (C=O) groups excluding carboxylic acids is 2. The number of nitrogens with two attached hydrogens (primary N) is 1. The molecule has 1 amide bonds.